The first-order valence-electron chi connectivity index (χ1n) is 4.06. The number of hydrogen-bond donors (Lipinski definition) is 0. The summed E-state index contributed by atoms with van der Waals surface area (Å²) >= 11 is 5.72. The molecular weight excluding hydrogens is 200 g/mol. The molecular formula is C10H8ClN2O. The lowest BCUT2D eigenvalue weighted by atomic mass is 10.3. The van der Waals surface area contributed by atoms with Gasteiger partial charge >= 0.3 is 0 Å². The van der Waals surface area contributed by atoms with Crippen LogP contribution < -0.4 is 4.74 Å². The van der Waals surface area contributed by atoms with Gasteiger partial charge in [0.05, 0.1) is 12.8 Å². The SMILES string of the molecule is COc1[c]cccc1-n1cnc(Cl)c1. The van der Waals surface area contributed by atoms with Gasteiger partial charge in [0.25, 0.3) is 0 Å². The number of imidazole rings is 1. The highest BCUT2D eigenvalue weighted by Gasteiger charge is 2.04. The van der Waals surface area contributed by atoms with Crippen molar-refractivity contribution in [2.45, 2.75) is 0 Å². The summed E-state index contributed by atoms with van der Waals surface area (Å²) < 4.78 is 6.95. The van der Waals surface area contributed by atoms with E-state index in [0.29, 0.717) is 10.9 Å². The van der Waals surface area contributed by atoms with E-state index in [1.165, 1.54) is 0 Å². The number of benzene rings is 1. The van der Waals surface area contributed by atoms with Crippen LogP contribution in [0.3, 0.4) is 0 Å². The molecule has 0 unspecified atom stereocenters. The van der Waals surface area contributed by atoms with Gasteiger partial charge in [0.2, 0.25) is 0 Å². The summed E-state index contributed by atoms with van der Waals surface area (Å²) in [7, 11) is 1.61. The van der Waals surface area contributed by atoms with Crippen molar-refractivity contribution in [1.82, 2.24) is 9.55 Å². The second-order valence-corrected chi connectivity index (χ2v) is 3.08. The molecule has 0 bridgehead atoms. The summed E-state index contributed by atoms with van der Waals surface area (Å²) in [6.45, 7) is 0. The zero-order valence-corrected chi connectivity index (χ0v) is 8.32. The lowest BCUT2D eigenvalue weighted by Gasteiger charge is -2.07. The molecule has 0 saturated carbocycles. The van der Waals surface area contributed by atoms with Crippen molar-refractivity contribution >= 4 is 11.6 Å². The molecule has 1 aromatic carbocycles. The molecule has 0 saturated heterocycles. The minimum absolute atomic E-state index is 0.455. The highest BCUT2D eigenvalue weighted by atomic mass is 35.5. The molecule has 0 atom stereocenters. The summed E-state index contributed by atoms with van der Waals surface area (Å²) in [4.78, 5) is 3.93. The van der Waals surface area contributed by atoms with Gasteiger partial charge in [0, 0.05) is 12.3 Å². The molecule has 14 heavy (non-hydrogen) atoms. The van der Waals surface area contributed by atoms with Gasteiger partial charge < -0.3 is 9.30 Å². The second-order valence-electron chi connectivity index (χ2n) is 2.69. The van der Waals surface area contributed by atoms with Gasteiger partial charge in [0.15, 0.2) is 5.75 Å². The van der Waals surface area contributed by atoms with Gasteiger partial charge in [-0.05, 0) is 6.07 Å². The first kappa shape index (κ1) is 9.09. The molecule has 1 aromatic heterocycles. The fourth-order valence-electron chi connectivity index (χ4n) is 1.21. The molecule has 1 radical (unpaired) electrons. The van der Waals surface area contributed by atoms with Crippen LogP contribution in [0.5, 0.6) is 5.75 Å². The first-order valence-corrected chi connectivity index (χ1v) is 4.43. The average molecular weight is 208 g/mol. The molecule has 71 valence electrons. The Labute approximate surface area is 86.9 Å². The van der Waals surface area contributed by atoms with Gasteiger partial charge in [-0.3, -0.25) is 0 Å². The second kappa shape index (κ2) is 3.72. The van der Waals surface area contributed by atoms with E-state index in [1.54, 1.807) is 30.3 Å². The Kier molecular flexibility index (Phi) is 2.41. The normalized spacial score (nSPS) is 10.1. The van der Waals surface area contributed by atoms with Crippen LogP contribution in [0.4, 0.5) is 0 Å². The number of hydrogen-bond acceptors (Lipinski definition) is 2. The number of rotatable bonds is 2. The van der Waals surface area contributed by atoms with Crippen LogP contribution in [0.25, 0.3) is 5.69 Å². The van der Waals surface area contributed by atoms with Crippen LogP contribution in [0.2, 0.25) is 5.15 Å². The summed E-state index contributed by atoms with van der Waals surface area (Å²) in [5, 5.41) is 0.455. The fourth-order valence-corrected chi connectivity index (χ4v) is 1.36. The van der Waals surface area contributed by atoms with Gasteiger partial charge in [-0.25, -0.2) is 4.98 Å². The van der Waals surface area contributed by atoms with Crippen LogP contribution in [0, 0.1) is 6.07 Å². The maximum absolute atomic E-state index is 5.72. The first-order chi connectivity index (χ1) is 6.81. The lowest BCUT2D eigenvalue weighted by Crippen LogP contribution is -1.94. The van der Waals surface area contributed by atoms with E-state index in [0.717, 1.165) is 5.69 Å². The molecule has 2 rings (SSSR count). The van der Waals surface area contributed by atoms with Crippen LogP contribution >= 0.6 is 11.6 Å². The third-order valence-electron chi connectivity index (χ3n) is 1.83. The summed E-state index contributed by atoms with van der Waals surface area (Å²) in [6.07, 6.45) is 3.35. The quantitative estimate of drug-likeness (QED) is 0.756. The average Bonchev–Trinajstić information content (AvgIpc) is 2.65. The molecule has 0 aliphatic rings. The number of para-hydroxylation sites is 1. The number of methoxy groups -OCH3 is 1. The zero-order chi connectivity index (χ0) is 9.97. The van der Waals surface area contributed by atoms with Crippen LogP contribution in [0.15, 0.2) is 30.7 Å². The minimum Gasteiger partial charge on any atom is -0.494 e. The smallest absolute Gasteiger partial charge is 0.150 e. The van der Waals surface area contributed by atoms with Crippen molar-refractivity contribution in [3.8, 4) is 11.4 Å². The monoisotopic (exact) mass is 207 g/mol. The zero-order valence-electron chi connectivity index (χ0n) is 7.57. The third-order valence-corrected chi connectivity index (χ3v) is 2.03. The number of nitrogens with zero attached hydrogens (tertiary/aromatic N) is 2. The largest absolute Gasteiger partial charge is 0.494 e. The van der Waals surface area contributed by atoms with E-state index in [2.05, 4.69) is 11.1 Å². The molecule has 4 heteroatoms. The standard InChI is InChI=1S/C10H8ClN2O/c1-14-9-5-3-2-4-8(9)13-6-10(11)12-7-13/h2-4,6-7H,1H3. The molecule has 0 aliphatic carbocycles. The molecule has 0 spiro atoms. The maximum Gasteiger partial charge on any atom is 0.150 e. The molecule has 3 nitrogen and oxygen atoms in total. The van der Waals surface area contributed by atoms with Crippen LogP contribution in [-0.4, -0.2) is 16.7 Å². The van der Waals surface area contributed by atoms with E-state index in [-0.39, 0.29) is 0 Å². The van der Waals surface area contributed by atoms with Crippen molar-refractivity contribution in [2.24, 2.45) is 0 Å². The van der Waals surface area contributed by atoms with Crippen molar-refractivity contribution in [2.75, 3.05) is 7.11 Å². The van der Waals surface area contributed by atoms with Gasteiger partial charge in [-0.15, -0.1) is 0 Å². The van der Waals surface area contributed by atoms with E-state index >= 15 is 0 Å². The van der Waals surface area contributed by atoms with Crippen LogP contribution in [0.1, 0.15) is 0 Å². The predicted octanol–water partition coefficient (Wildman–Crippen LogP) is 2.33. The van der Waals surface area contributed by atoms with Crippen molar-refractivity contribution in [1.29, 1.82) is 0 Å². The highest BCUT2D eigenvalue weighted by molar-refractivity contribution is 6.29. The summed E-state index contributed by atoms with van der Waals surface area (Å²) in [5.74, 6) is 0.668. The third kappa shape index (κ3) is 1.59. The Bertz CT molecular complexity index is 439. The molecule has 0 fully saturated rings. The maximum atomic E-state index is 5.72. The minimum atomic E-state index is 0.455. The van der Waals surface area contributed by atoms with Gasteiger partial charge in [-0.1, -0.05) is 23.7 Å². The predicted molar refractivity (Wildman–Crippen MR) is 54.0 cm³/mol. The Balaban J connectivity index is 2.50. The van der Waals surface area contributed by atoms with E-state index < -0.39 is 0 Å². The van der Waals surface area contributed by atoms with E-state index in [4.69, 9.17) is 16.3 Å². The molecule has 0 amide bonds. The van der Waals surface area contributed by atoms with Gasteiger partial charge in [0.1, 0.15) is 11.5 Å². The Hall–Kier alpha value is -1.48. The van der Waals surface area contributed by atoms with Gasteiger partial charge in [-0.2, -0.15) is 0 Å². The summed E-state index contributed by atoms with van der Waals surface area (Å²) in [6, 6.07) is 8.56. The summed E-state index contributed by atoms with van der Waals surface area (Å²) in [5.41, 5.74) is 0.870. The van der Waals surface area contributed by atoms with E-state index in [1.807, 2.05) is 12.1 Å². The number of aromatic nitrogens is 2. The van der Waals surface area contributed by atoms with Crippen molar-refractivity contribution in [3.05, 3.63) is 41.9 Å². The molecule has 0 N–H and O–H groups in total. The number of halogens is 1. The molecule has 1 heterocycles. The van der Waals surface area contributed by atoms with Crippen molar-refractivity contribution < 1.29 is 4.74 Å². The number of ether oxygens (including phenoxy) is 1. The topological polar surface area (TPSA) is 27.1 Å². The Morgan fingerprint density at radius 1 is 1.57 bits per heavy atom. The Morgan fingerprint density at radius 2 is 2.43 bits per heavy atom. The van der Waals surface area contributed by atoms with Crippen LogP contribution in [-0.2, 0) is 0 Å². The van der Waals surface area contributed by atoms with E-state index in [9.17, 15) is 0 Å². The molecule has 2 aromatic rings. The highest BCUT2D eigenvalue weighted by Crippen LogP contribution is 2.21. The fraction of sp³-hybridized carbons (Fsp3) is 0.100. The molecule has 0 aliphatic heterocycles. The lowest BCUT2D eigenvalue weighted by molar-refractivity contribution is 0.412. The van der Waals surface area contributed by atoms with Crippen molar-refractivity contribution in [3.63, 3.8) is 0 Å². The Morgan fingerprint density at radius 3 is 3.07 bits per heavy atom.